The Morgan fingerprint density at radius 1 is 1.40 bits per heavy atom. The molecule has 1 fully saturated rings. The first-order valence-corrected chi connectivity index (χ1v) is 6.05. The maximum Gasteiger partial charge on any atom is 0.0306 e. The fraction of sp³-hybridized carbons (Fsp3) is 1.00. The zero-order valence-corrected chi connectivity index (χ0v) is 11.0. The number of hydrogen-bond donors (Lipinski definition) is 1. The number of rotatable bonds is 5. The van der Waals surface area contributed by atoms with Gasteiger partial charge < -0.3 is 10.2 Å². The fourth-order valence-electron chi connectivity index (χ4n) is 2.62. The molecule has 0 aromatic heterocycles. The second-order valence-electron chi connectivity index (χ2n) is 5.43. The summed E-state index contributed by atoms with van der Waals surface area (Å²) in [7, 11) is 6.37. The monoisotopic (exact) mass is 213 g/mol. The summed E-state index contributed by atoms with van der Waals surface area (Å²) in [6.07, 6.45) is 2.55. The molecule has 1 saturated heterocycles. The van der Waals surface area contributed by atoms with Crippen LogP contribution in [0.15, 0.2) is 0 Å². The van der Waals surface area contributed by atoms with Gasteiger partial charge in [0, 0.05) is 18.1 Å². The van der Waals surface area contributed by atoms with Crippen molar-refractivity contribution < 1.29 is 0 Å². The van der Waals surface area contributed by atoms with Gasteiger partial charge in [0.1, 0.15) is 0 Å². The predicted octanol–water partition coefficient (Wildman–Crippen LogP) is 1.01. The van der Waals surface area contributed by atoms with E-state index in [9.17, 15) is 0 Å². The molecule has 3 heteroatoms. The summed E-state index contributed by atoms with van der Waals surface area (Å²) >= 11 is 0. The molecule has 0 bridgehead atoms. The van der Waals surface area contributed by atoms with E-state index in [1.807, 2.05) is 0 Å². The van der Waals surface area contributed by atoms with Gasteiger partial charge >= 0.3 is 0 Å². The number of likely N-dealkylation sites (tertiary alicyclic amines) is 1. The summed E-state index contributed by atoms with van der Waals surface area (Å²) < 4.78 is 0. The van der Waals surface area contributed by atoms with Crippen LogP contribution in [-0.4, -0.2) is 62.2 Å². The maximum absolute atomic E-state index is 3.43. The summed E-state index contributed by atoms with van der Waals surface area (Å²) in [6.45, 7) is 8.37. The molecule has 1 heterocycles. The van der Waals surface area contributed by atoms with Crippen LogP contribution < -0.4 is 5.32 Å². The Kier molecular flexibility index (Phi) is 4.56. The zero-order valence-electron chi connectivity index (χ0n) is 11.0. The lowest BCUT2D eigenvalue weighted by Gasteiger charge is -2.36. The lowest BCUT2D eigenvalue weighted by atomic mass is 9.96. The minimum absolute atomic E-state index is 0.320. The normalized spacial score (nSPS) is 26.4. The lowest BCUT2D eigenvalue weighted by molar-refractivity contribution is 0.148. The van der Waals surface area contributed by atoms with E-state index in [1.54, 1.807) is 0 Å². The third kappa shape index (κ3) is 3.16. The largest absolute Gasteiger partial charge is 0.315 e. The SMILES string of the molecule is CNC1CCN(CCCN(C)C)C1(C)C. The van der Waals surface area contributed by atoms with Gasteiger partial charge in [-0.2, -0.15) is 0 Å². The molecule has 0 saturated carbocycles. The van der Waals surface area contributed by atoms with Crippen molar-refractivity contribution in [3.05, 3.63) is 0 Å². The first kappa shape index (κ1) is 12.9. The van der Waals surface area contributed by atoms with E-state index >= 15 is 0 Å². The maximum atomic E-state index is 3.43. The van der Waals surface area contributed by atoms with Crippen LogP contribution in [0.4, 0.5) is 0 Å². The van der Waals surface area contributed by atoms with Crippen LogP contribution in [0.2, 0.25) is 0 Å². The highest BCUT2D eigenvalue weighted by atomic mass is 15.3. The summed E-state index contributed by atoms with van der Waals surface area (Å²) in [5, 5.41) is 3.43. The van der Waals surface area contributed by atoms with Gasteiger partial charge in [-0.1, -0.05) is 0 Å². The molecule has 1 atom stereocenters. The molecule has 15 heavy (non-hydrogen) atoms. The third-order valence-corrected chi connectivity index (χ3v) is 3.74. The van der Waals surface area contributed by atoms with Crippen molar-refractivity contribution >= 4 is 0 Å². The zero-order chi connectivity index (χ0) is 11.5. The first-order valence-electron chi connectivity index (χ1n) is 6.05. The second-order valence-corrected chi connectivity index (χ2v) is 5.43. The van der Waals surface area contributed by atoms with Gasteiger partial charge in [-0.15, -0.1) is 0 Å². The van der Waals surface area contributed by atoms with Crippen LogP contribution in [0, 0.1) is 0 Å². The van der Waals surface area contributed by atoms with E-state index in [2.05, 4.69) is 50.1 Å². The Hall–Kier alpha value is -0.120. The minimum Gasteiger partial charge on any atom is -0.315 e. The van der Waals surface area contributed by atoms with Crippen molar-refractivity contribution in [2.45, 2.75) is 38.3 Å². The minimum atomic E-state index is 0.320. The second kappa shape index (κ2) is 5.28. The highest BCUT2D eigenvalue weighted by Crippen LogP contribution is 2.28. The average molecular weight is 213 g/mol. The van der Waals surface area contributed by atoms with E-state index in [-0.39, 0.29) is 0 Å². The summed E-state index contributed by atoms with van der Waals surface area (Å²) in [5.74, 6) is 0. The van der Waals surface area contributed by atoms with Gasteiger partial charge in [0.15, 0.2) is 0 Å². The highest BCUT2D eigenvalue weighted by molar-refractivity contribution is 4.99. The molecule has 0 radical (unpaired) electrons. The summed E-state index contributed by atoms with van der Waals surface area (Å²) in [6, 6.07) is 0.650. The number of hydrogen-bond acceptors (Lipinski definition) is 3. The molecule has 3 nitrogen and oxygen atoms in total. The summed E-state index contributed by atoms with van der Waals surface area (Å²) in [4.78, 5) is 4.89. The quantitative estimate of drug-likeness (QED) is 0.735. The molecule has 1 aliphatic rings. The first-order chi connectivity index (χ1) is 6.98. The molecule has 1 N–H and O–H groups in total. The standard InChI is InChI=1S/C12H27N3/c1-12(2)11(13-3)7-10-15(12)9-6-8-14(4)5/h11,13H,6-10H2,1-5H3. The van der Waals surface area contributed by atoms with Gasteiger partial charge in [0.2, 0.25) is 0 Å². The average Bonchev–Trinajstić information content (AvgIpc) is 2.41. The van der Waals surface area contributed by atoms with Crippen LogP contribution in [0.5, 0.6) is 0 Å². The van der Waals surface area contributed by atoms with Crippen molar-refractivity contribution in [1.82, 2.24) is 15.1 Å². The lowest BCUT2D eigenvalue weighted by Crippen LogP contribution is -2.50. The van der Waals surface area contributed by atoms with Crippen LogP contribution in [0.3, 0.4) is 0 Å². The molecule has 1 aliphatic heterocycles. The number of nitrogens with zero attached hydrogens (tertiary/aromatic N) is 2. The van der Waals surface area contributed by atoms with E-state index in [1.165, 1.54) is 32.5 Å². The van der Waals surface area contributed by atoms with Crippen molar-refractivity contribution in [3.8, 4) is 0 Å². The molecule has 0 aromatic rings. The summed E-state index contributed by atoms with van der Waals surface area (Å²) in [5.41, 5.74) is 0.320. The molecule has 90 valence electrons. The van der Waals surface area contributed by atoms with E-state index in [0.717, 1.165) is 0 Å². The van der Waals surface area contributed by atoms with Crippen LogP contribution in [-0.2, 0) is 0 Å². The molecule has 0 spiro atoms. The molecule has 1 rings (SSSR count). The van der Waals surface area contributed by atoms with Gasteiger partial charge in [-0.3, -0.25) is 4.90 Å². The molecular weight excluding hydrogens is 186 g/mol. The van der Waals surface area contributed by atoms with Crippen molar-refractivity contribution in [2.75, 3.05) is 40.8 Å². The van der Waals surface area contributed by atoms with Crippen LogP contribution >= 0.6 is 0 Å². The van der Waals surface area contributed by atoms with Crippen LogP contribution in [0.1, 0.15) is 26.7 Å². The molecule has 0 aromatic carbocycles. The Labute approximate surface area is 94.8 Å². The van der Waals surface area contributed by atoms with E-state index in [0.29, 0.717) is 11.6 Å². The Bertz CT molecular complexity index is 189. The molecule has 0 amide bonds. The van der Waals surface area contributed by atoms with Crippen molar-refractivity contribution in [2.24, 2.45) is 0 Å². The van der Waals surface area contributed by atoms with Gasteiger partial charge in [-0.05, 0) is 60.9 Å². The van der Waals surface area contributed by atoms with E-state index < -0.39 is 0 Å². The van der Waals surface area contributed by atoms with Gasteiger partial charge in [0.05, 0.1) is 0 Å². The van der Waals surface area contributed by atoms with Crippen molar-refractivity contribution in [1.29, 1.82) is 0 Å². The highest BCUT2D eigenvalue weighted by Gasteiger charge is 2.39. The fourth-order valence-corrected chi connectivity index (χ4v) is 2.62. The van der Waals surface area contributed by atoms with Gasteiger partial charge in [0.25, 0.3) is 0 Å². The van der Waals surface area contributed by atoms with Crippen molar-refractivity contribution in [3.63, 3.8) is 0 Å². The van der Waals surface area contributed by atoms with Gasteiger partial charge in [-0.25, -0.2) is 0 Å². The molecular formula is C12H27N3. The number of likely N-dealkylation sites (N-methyl/N-ethyl adjacent to an activating group) is 1. The molecule has 1 unspecified atom stereocenters. The smallest absolute Gasteiger partial charge is 0.0306 e. The Balaban J connectivity index is 2.37. The Morgan fingerprint density at radius 3 is 2.53 bits per heavy atom. The predicted molar refractivity (Wildman–Crippen MR) is 66.3 cm³/mol. The third-order valence-electron chi connectivity index (χ3n) is 3.74. The van der Waals surface area contributed by atoms with Crippen LogP contribution in [0.25, 0.3) is 0 Å². The van der Waals surface area contributed by atoms with E-state index in [4.69, 9.17) is 0 Å². The number of nitrogens with one attached hydrogen (secondary N) is 1. The topological polar surface area (TPSA) is 18.5 Å². The Morgan fingerprint density at radius 2 is 2.07 bits per heavy atom. The molecule has 0 aliphatic carbocycles.